The number of aromatic nitrogens is 2. The van der Waals surface area contributed by atoms with E-state index in [1.165, 1.54) is 0 Å². The average Bonchev–Trinajstić information content (AvgIpc) is 3.31. The SMILES string of the molecule is Cc1ccc(-c2nnc(N3CC[C@@H](NC(=O)c4ccc(F)cc4C(F)(F)F)C3)c3ccccc23)cc1. The number of rotatable bonds is 4. The summed E-state index contributed by atoms with van der Waals surface area (Å²) < 4.78 is 53.4. The van der Waals surface area contributed by atoms with Crippen LogP contribution in [0.25, 0.3) is 22.0 Å². The molecule has 184 valence electrons. The zero-order valence-corrected chi connectivity index (χ0v) is 19.3. The van der Waals surface area contributed by atoms with Crippen molar-refractivity contribution in [3.8, 4) is 11.3 Å². The fourth-order valence-electron chi connectivity index (χ4n) is 4.53. The van der Waals surface area contributed by atoms with Gasteiger partial charge in [0.05, 0.1) is 11.1 Å². The highest BCUT2D eigenvalue weighted by Gasteiger charge is 2.36. The van der Waals surface area contributed by atoms with Gasteiger partial charge in [0.15, 0.2) is 5.82 Å². The van der Waals surface area contributed by atoms with E-state index in [4.69, 9.17) is 0 Å². The summed E-state index contributed by atoms with van der Waals surface area (Å²) in [6.07, 6.45) is -4.33. The second-order valence-electron chi connectivity index (χ2n) is 8.88. The number of fused-ring (bicyclic) bond motifs is 1. The molecule has 1 saturated heterocycles. The Morgan fingerprint density at radius 1 is 1.00 bits per heavy atom. The molecule has 0 radical (unpaired) electrons. The molecule has 2 heterocycles. The van der Waals surface area contributed by atoms with Gasteiger partial charge in [-0.15, -0.1) is 10.2 Å². The number of nitrogens with zero attached hydrogens (tertiary/aromatic N) is 3. The summed E-state index contributed by atoms with van der Waals surface area (Å²) in [5, 5.41) is 13.5. The van der Waals surface area contributed by atoms with E-state index in [0.717, 1.165) is 39.7 Å². The minimum atomic E-state index is -4.84. The smallest absolute Gasteiger partial charge is 0.352 e. The number of carbonyl (C=O) groups excluding carboxylic acids is 1. The zero-order chi connectivity index (χ0) is 25.4. The van der Waals surface area contributed by atoms with Crippen molar-refractivity contribution in [2.45, 2.75) is 25.6 Å². The molecule has 0 saturated carbocycles. The molecule has 0 bridgehead atoms. The summed E-state index contributed by atoms with van der Waals surface area (Å²) in [7, 11) is 0. The highest BCUT2D eigenvalue weighted by Crippen LogP contribution is 2.34. The number of hydrogen-bond donors (Lipinski definition) is 1. The van der Waals surface area contributed by atoms with E-state index in [-0.39, 0.29) is 0 Å². The fourth-order valence-corrected chi connectivity index (χ4v) is 4.53. The highest BCUT2D eigenvalue weighted by atomic mass is 19.4. The van der Waals surface area contributed by atoms with Crippen LogP contribution < -0.4 is 10.2 Å². The Labute approximate surface area is 204 Å². The van der Waals surface area contributed by atoms with Crippen LogP contribution in [0.2, 0.25) is 0 Å². The van der Waals surface area contributed by atoms with Gasteiger partial charge >= 0.3 is 6.18 Å². The molecule has 1 aromatic heterocycles. The van der Waals surface area contributed by atoms with Gasteiger partial charge in [0, 0.05) is 35.5 Å². The third-order valence-electron chi connectivity index (χ3n) is 6.35. The van der Waals surface area contributed by atoms with Crippen molar-refractivity contribution in [2.75, 3.05) is 18.0 Å². The first-order valence-corrected chi connectivity index (χ1v) is 11.5. The molecule has 1 atom stereocenters. The normalized spacial score (nSPS) is 15.9. The molecular weight excluding hydrogens is 472 g/mol. The number of aryl methyl sites for hydroxylation is 1. The maximum atomic E-state index is 13.4. The minimum Gasteiger partial charge on any atom is -0.352 e. The maximum absolute atomic E-state index is 13.4. The molecule has 1 aliphatic heterocycles. The standard InChI is InChI=1S/C27H22F4N4O/c1-16-6-8-17(9-7-16)24-20-4-2-3-5-21(20)25(34-33-24)35-13-12-19(15-35)32-26(36)22-11-10-18(28)14-23(22)27(29,30)31/h2-11,14,19H,12-13,15H2,1H3,(H,32,36)/t19-/m1/s1. The van der Waals surface area contributed by atoms with Crippen LogP contribution in [0.5, 0.6) is 0 Å². The van der Waals surface area contributed by atoms with Crippen molar-refractivity contribution in [1.82, 2.24) is 15.5 Å². The average molecular weight is 494 g/mol. The van der Waals surface area contributed by atoms with Crippen LogP contribution in [0.1, 0.15) is 27.9 Å². The van der Waals surface area contributed by atoms with Crippen LogP contribution in [0.15, 0.2) is 66.7 Å². The van der Waals surface area contributed by atoms with Crippen LogP contribution in [-0.4, -0.2) is 35.2 Å². The summed E-state index contributed by atoms with van der Waals surface area (Å²) in [6.45, 7) is 2.92. The molecule has 0 spiro atoms. The van der Waals surface area contributed by atoms with Gasteiger partial charge in [-0.25, -0.2) is 4.39 Å². The van der Waals surface area contributed by atoms with Gasteiger partial charge in [0.1, 0.15) is 11.5 Å². The molecule has 4 aromatic rings. The van der Waals surface area contributed by atoms with Crippen molar-refractivity contribution in [3.63, 3.8) is 0 Å². The molecule has 1 fully saturated rings. The van der Waals surface area contributed by atoms with Gasteiger partial charge < -0.3 is 10.2 Å². The van der Waals surface area contributed by atoms with E-state index in [2.05, 4.69) is 15.5 Å². The van der Waals surface area contributed by atoms with Crippen LogP contribution in [0, 0.1) is 12.7 Å². The minimum absolute atomic E-state index is 0.340. The van der Waals surface area contributed by atoms with E-state index >= 15 is 0 Å². The van der Waals surface area contributed by atoms with Gasteiger partial charge in [0.25, 0.3) is 5.91 Å². The Bertz CT molecular complexity index is 1440. The monoisotopic (exact) mass is 494 g/mol. The summed E-state index contributed by atoms with van der Waals surface area (Å²) >= 11 is 0. The first kappa shape index (κ1) is 23.7. The molecular formula is C27H22F4N4O. The fraction of sp³-hybridized carbons (Fsp3) is 0.222. The lowest BCUT2D eigenvalue weighted by molar-refractivity contribution is -0.138. The predicted octanol–water partition coefficient (Wildman–Crippen LogP) is 5.77. The van der Waals surface area contributed by atoms with E-state index in [0.29, 0.717) is 31.4 Å². The van der Waals surface area contributed by atoms with Gasteiger partial charge in [0.2, 0.25) is 0 Å². The van der Waals surface area contributed by atoms with Crippen LogP contribution >= 0.6 is 0 Å². The first-order valence-electron chi connectivity index (χ1n) is 11.5. The molecule has 9 heteroatoms. The molecule has 1 aliphatic rings. The molecule has 5 nitrogen and oxygen atoms in total. The number of benzene rings is 3. The van der Waals surface area contributed by atoms with Gasteiger partial charge in [-0.2, -0.15) is 13.2 Å². The lowest BCUT2D eigenvalue weighted by Gasteiger charge is -2.20. The largest absolute Gasteiger partial charge is 0.417 e. The summed E-state index contributed by atoms with van der Waals surface area (Å²) in [6, 6.07) is 17.4. The second-order valence-corrected chi connectivity index (χ2v) is 8.88. The van der Waals surface area contributed by atoms with E-state index in [1.54, 1.807) is 0 Å². The molecule has 36 heavy (non-hydrogen) atoms. The number of amides is 1. The third kappa shape index (κ3) is 4.60. The second kappa shape index (κ2) is 9.22. The van der Waals surface area contributed by atoms with Crippen molar-refractivity contribution in [2.24, 2.45) is 0 Å². The number of halogens is 4. The quantitative estimate of drug-likeness (QED) is 0.366. The van der Waals surface area contributed by atoms with E-state index < -0.39 is 35.1 Å². The van der Waals surface area contributed by atoms with E-state index in [9.17, 15) is 22.4 Å². The highest BCUT2D eigenvalue weighted by molar-refractivity contribution is 6.00. The van der Waals surface area contributed by atoms with Crippen LogP contribution in [-0.2, 0) is 6.18 Å². The molecule has 0 aliphatic carbocycles. The van der Waals surface area contributed by atoms with Gasteiger partial charge in [-0.3, -0.25) is 4.79 Å². The molecule has 3 aromatic carbocycles. The van der Waals surface area contributed by atoms with Crippen LogP contribution in [0.3, 0.4) is 0 Å². The van der Waals surface area contributed by atoms with Gasteiger partial charge in [-0.1, -0.05) is 54.1 Å². The van der Waals surface area contributed by atoms with E-state index in [1.807, 2.05) is 60.4 Å². The Balaban J connectivity index is 1.38. The summed E-state index contributed by atoms with van der Waals surface area (Å²) in [4.78, 5) is 14.6. The maximum Gasteiger partial charge on any atom is 0.417 e. The zero-order valence-electron chi connectivity index (χ0n) is 19.3. The number of anilines is 1. The van der Waals surface area contributed by atoms with Crippen molar-refractivity contribution in [1.29, 1.82) is 0 Å². The Morgan fingerprint density at radius 3 is 2.44 bits per heavy atom. The molecule has 1 amide bonds. The van der Waals surface area contributed by atoms with Crippen molar-refractivity contribution < 1.29 is 22.4 Å². The predicted molar refractivity (Wildman–Crippen MR) is 129 cm³/mol. The first-order chi connectivity index (χ1) is 17.2. The number of alkyl halides is 3. The number of hydrogen-bond acceptors (Lipinski definition) is 4. The molecule has 5 rings (SSSR count). The topological polar surface area (TPSA) is 58.1 Å². The lowest BCUT2D eigenvalue weighted by atomic mass is 10.0. The third-order valence-corrected chi connectivity index (χ3v) is 6.35. The number of carbonyl (C=O) groups is 1. The Kier molecular flexibility index (Phi) is 6.07. The molecule has 1 N–H and O–H groups in total. The molecule has 0 unspecified atom stereocenters. The summed E-state index contributed by atoms with van der Waals surface area (Å²) in [5.41, 5.74) is 0.950. The van der Waals surface area contributed by atoms with Gasteiger partial charge in [-0.05, 0) is 31.5 Å². The van der Waals surface area contributed by atoms with Crippen LogP contribution in [0.4, 0.5) is 23.4 Å². The Hall–Kier alpha value is -4.01. The van der Waals surface area contributed by atoms with Crippen molar-refractivity contribution >= 4 is 22.5 Å². The lowest BCUT2D eigenvalue weighted by Crippen LogP contribution is -2.38. The number of nitrogens with one attached hydrogen (secondary N) is 1. The van der Waals surface area contributed by atoms with Crippen molar-refractivity contribution in [3.05, 3.63) is 89.2 Å². The Morgan fingerprint density at radius 2 is 1.72 bits per heavy atom. The summed E-state index contributed by atoms with van der Waals surface area (Å²) in [5.74, 6) is -1.29.